The van der Waals surface area contributed by atoms with E-state index in [4.69, 9.17) is 34.8 Å². The Labute approximate surface area is 251 Å². The van der Waals surface area contributed by atoms with Crippen molar-refractivity contribution in [2.75, 3.05) is 10.8 Å². The number of benzene rings is 3. The predicted molar refractivity (Wildman–Crippen MR) is 162 cm³/mol. The van der Waals surface area contributed by atoms with Crippen LogP contribution in [-0.2, 0) is 26.2 Å². The van der Waals surface area contributed by atoms with E-state index < -0.39 is 28.5 Å². The molecule has 7 nitrogen and oxygen atoms in total. The second-order valence-corrected chi connectivity index (χ2v) is 13.0. The Hall–Kier alpha value is -2.78. The van der Waals surface area contributed by atoms with Gasteiger partial charge in [0.15, 0.2) is 0 Å². The summed E-state index contributed by atoms with van der Waals surface area (Å²) in [6.07, 6.45) is 0. The van der Waals surface area contributed by atoms with Crippen molar-refractivity contribution in [2.45, 2.75) is 58.1 Å². The highest BCUT2D eigenvalue weighted by Crippen LogP contribution is 2.29. The fourth-order valence-electron chi connectivity index (χ4n) is 3.93. The molecule has 214 valence electrons. The fourth-order valence-corrected chi connectivity index (χ4v) is 5.83. The SMILES string of the molecule is Cc1ccc(S(=O)(=O)N(CC(=O)N(Cc2ccc(Cl)c(Cl)c2)[C@H](C)C(=O)NC(C)C)c2ccc(C)c(Cl)c2)cc1. The topological polar surface area (TPSA) is 86.8 Å². The molecule has 40 heavy (non-hydrogen) atoms. The van der Waals surface area contributed by atoms with E-state index in [0.29, 0.717) is 20.6 Å². The van der Waals surface area contributed by atoms with Gasteiger partial charge in [0.05, 0.1) is 20.6 Å². The molecule has 0 unspecified atom stereocenters. The van der Waals surface area contributed by atoms with Crippen LogP contribution in [0.1, 0.15) is 37.5 Å². The van der Waals surface area contributed by atoms with Crippen LogP contribution in [0.25, 0.3) is 0 Å². The van der Waals surface area contributed by atoms with Crippen LogP contribution in [0, 0.1) is 13.8 Å². The van der Waals surface area contributed by atoms with Gasteiger partial charge in [-0.05, 0) is 82.1 Å². The van der Waals surface area contributed by atoms with Crippen LogP contribution in [0.2, 0.25) is 15.1 Å². The summed E-state index contributed by atoms with van der Waals surface area (Å²) in [5, 5.41) is 3.81. The number of hydrogen-bond acceptors (Lipinski definition) is 4. The van der Waals surface area contributed by atoms with Crippen molar-refractivity contribution in [2.24, 2.45) is 0 Å². The third kappa shape index (κ3) is 7.69. The van der Waals surface area contributed by atoms with Crippen molar-refractivity contribution >= 4 is 62.3 Å². The predicted octanol–water partition coefficient (Wildman–Crippen LogP) is 6.40. The fraction of sp³-hybridized carbons (Fsp3) is 0.310. The first kappa shape index (κ1) is 31.7. The number of halogens is 3. The lowest BCUT2D eigenvalue weighted by Crippen LogP contribution is -2.52. The van der Waals surface area contributed by atoms with Gasteiger partial charge in [-0.2, -0.15) is 0 Å². The molecular weight excluding hydrogens is 593 g/mol. The molecular formula is C29H32Cl3N3O4S. The number of sulfonamides is 1. The van der Waals surface area contributed by atoms with Crippen LogP contribution in [-0.4, -0.2) is 43.8 Å². The van der Waals surface area contributed by atoms with E-state index in [1.54, 1.807) is 56.3 Å². The molecule has 3 rings (SSSR count). The van der Waals surface area contributed by atoms with E-state index in [2.05, 4.69) is 5.32 Å². The van der Waals surface area contributed by atoms with Crippen LogP contribution in [0.3, 0.4) is 0 Å². The second kappa shape index (κ2) is 13.3. The molecule has 0 spiro atoms. The number of amides is 2. The van der Waals surface area contributed by atoms with Crippen molar-refractivity contribution in [3.8, 4) is 0 Å². The van der Waals surface area contributed by atoms with Gasteiger partial charge in [0.1, 0.15) is 12.6 Å². The van der Waals surface area contributed by atoms with Crippen molar-refractivity contribution < 1.29 is 18.0 Å². The molecule has 0 bridgehead atoms. The third-order valence-electron chi connectivity index (χ3n) is 6.27. The Kier molecular flexibility index (Phi) is 10.5. The summed E-state index contributed by atoms with van der Waals surface area (Å²) in [5.74, 6) is -0.973. The Morgan fingerprint density at radius 2 is 1.50 bits per heavy atom. The molecule has 0 aromatic heterocycles. The number of nitrogens with zero attached hydrogens (tertiary/aromatic N) is 2. The molecule has 2 amide bonds. The molecule has 0 aliphatic heterocycles. The van der Waals surface area contributed by atoms with Gasteiger partial charge in [0.2, 0.25) is 11.8 Å². The molecule has 11 heteroatoms. The number of rotatable bonds is 10. The largest absolute Gasteiger partial charge is 0.352 e. The van der Waals surface area contributed by atoms with Gasteiger partial charge in [0, 0.05) is 17.6 Å². The monoisotopic (exact) mass is 623 g/mol. The lowest BCUT2D eigenvalue weighted by molar-refractivity contribution is -0.139. The first-order chi connectivity index (χ1) is 18.7. The molecule has 0 heterocycles. The number of carbonyl (C=O) groups is 2. The van der Waals surface area contributed by atoms with Crippen LogP contribution in [0.4, 0.5) is 5.69 Å². The van der Waals surface area contributed by atoms with E-state index >= 15 is 0 Å². The molecule has 1 N–H and O–H groups in total. The van der Waals surface area contributed by atoms with Gasteiger partial charge in [0.25, 0.3) is 10.0 Å². The Morgan fingerprint density at radius 3 is 2.08 bits per heavy atom. The van der Waals surface area contributed by atoms with E-state index in [-0.39, 0.29) is 29.1 Å². The van der Waals surface area contributed by atoms with E-state index in [0.717, 1.165) is 15.4 Å². The maximum absolute atomic E-state index is 13.9. The van der Waals surface area contributed by atoms with Crippen molar-refractivity contribution in [1.82, 2.24) is 10.2 Å². The minimum Gasteiger partial charge on any atom is -0.352 e. The maximum Gasteiger partial charge on any atom is 0.264 e. The highest BCUT2D eigenvalue weighted by molar-refractivity contribution is 7.92. The second-order valence-electron chi connectivity index (χ2n) is 9.87. The van der Waals surface area contributed by atoms with Crippen molar-refractivity contribution in [1.29, 1.82) is 0 Å². The van der Waals surface area contributed by atoms with Gasteiger partial charge in [-0.15, -0.1) is 0 Å². The smallest absolute Gasteiger partial charge is 0.264 e. The van der Waals surface area contributed by atoms with E-state index in [1.807, 2.05) is 20.8 Å². The summed E-state index contributed by atoms with van der Waals surface area (Å²) in [5.41, 5.74) is 2.49. The lowest BCUT2D eigenvalue weighted by atomic mass is 10.1. The summed E-state index contributed by atoms with van der Waals surface area (Å²) in [4.78, 5) is 28.3. The number of anilines is 1. The van der Waals surface area contributed by atoms with Crippen LogP contribution in [0.5, 0.6) is 0 Å². The van der Waals surface area contributed by atoms with Gasteiger partial charge in [-0.1, -0.05) is 64.6 Å². The Bertz CT molecular complexity index is 1490. The zero-order chi connectivity index (χ0) is 29.8. The number of aryl methyl sites for hydroxylation is 2. The number of nitrogens with one attached hydrogen (secondary N) is 1. The molecule has 0 radical (unpaired) electrons. The minimum atomic E-state index is -4.19. The molecule has 3 aromatic rings. The van der Waals surface area contributed by atoms with Crippen LogP contribution >= 0.6 is 34.8 Å². The highest BCUT2D eigenvalue weighted by atomic mass is 35.5. The first-order valence-electron chi connectivity index (χ1n) is 12.6. The zero-order valence-corrected chi connectivity index (χ0v) is 26.0. The quantitative estimate of drug-likeness (QED) is 0.283. The zero-order valence-electron chi connectivity index (χ0n) is 22.9. The Balaban J connectivity index is 2.07. The summed E-state index contributed by atoms with van der Waals surface area (Å²) in [6.45, 7) is 8.28. The van der Waals surface area contributed by atoms with Gasteiger partial charge >= 0.3 is 0 Å². The molecule has 0 saturated carbocycles. The summed E-state index contributed by atoms with van der Waals surface area (Å²) < 4.78 is 28.8. The molecule has 1 atom stereocenters. The minimum absolute atomic E-state index is 0.00449. The Morgan fingerprint density at radius 1 is 0.850 bits per heavy atom. The van der Waals surface area contributed by atoms with Crippen LogP contribution < -0.4 is 9.62 Å². The van der Waals surface area contributed by atoms with Crippen molar-refractivity contribution in [3.63, 3.8) is 0 Å². The highest BCUT2D eigenvalue weighted by Gasteiger charge is 2.33. The van der Waals surface area contributed by atoms with Crippen molar-refractivity contribution in [3.05, 3.63) is 92.4 Å². The molecule has 0 aliphatic rings. The summed E-state index contributed by atoms with van der Waals surface area (Å²) in [7, 11) is -4.19. The molecule has 0 aliphatic carbocycles. The van der Waals surface area contributed by atoms with E-state index in [1.165, 1.54) is 23.1 Å². The van der Waals surface area contributed by atoms with E-state index in [9.17, 15) is 18.0 Å². The molecule has 3 aromatic carbocycles. The standard InChI is InChI=1S/C29H32Cl3N3O4S/c1-18(2)33-29(37)21(5)34(16-22-9-13-25(30)27(32)14-22)28(36)17-35(23-10-8-20(4)26(31)15-23)40(38,39)24-11-6-19(3)7-12-24/h6-15,18,21H,16-17H2,1-5H3,(H,33,37)/t21-/m1/s1. The summed E-state index contributed by atoms with van der Waals surface area (Å²) >= 11 is 18.6. The average molecular weight is 625 g/mol. The first-order valence-corrected chi connectivity index (χ1v) is 15.2. The third-order valence-corrected chi connectivity index (χ3v) is 9.20. The lowest BCUT2D eigenvalue weighted by Gasteiger charge is -2.32. The normalized spacial score (nSPS) is 12.2. The molecule has 0 fully saturated rings. The summed E-state index contributed by atoms with van der Waals surface area (Å²) in [6, 6.07) is 15.0. The number of hydrogen-bond donors (Lipinski definition) is 1. The average Bonchev–Trinajstić information content (AvgIpc) is 2.88. The number of carbonyl (C=O) groups excluding carboxylic acids is 2. The van der Waals surface area contributed by atoms with Gasteiger partial charge in [-0.3, -0.25) is 13.9 Å². The van der Waals surface area contributed by atoms with Gasteiger partial charge in [-0.25, -0.2) is 8.42 Å². The van der Waals surface area contributed by atoms with Crippen LogP contribution in [0.15, 0.2) is 65.6 Å². The maximum atomic E-state index is 13.9. The molecule has 0 saturated heterocycles. The van der Waals surface area contributed by atoms with Gasteiger partial charge < -0.3 is 10.2 Å².